The van der Waals surface area contributed by atoms with Crippen molar-refractivity contribution in [3.63, 3.8) is 0 Å². The number of ketones is 1. The molecule has 0 N–H and O–H groups in total. The minimum absolute atomic E-state index is 0. The number of hydrogen-bond donors (Lipinski definition) is 0. The average Bonchev–Trinajstić information content (AvgIpc) is 2.87. The molecule has 0 saturated heterocycles. The van der Waals surface area contributed by atoms with Crippen LogP contribution in [0.5, 0.6) is 0 Å². The number of fused-ring (bicyclic) bond motifs is 5. The predicted octanol–water partition coefficient (Wildman–Crippen LogP) is 0.448. The van der Waals surface area contributed by atoms with Crippen LogP contribution in [-0.2, 0) is 19.4 Å². The standard InChI is InChI=1S/C19H30O5S.Na/c1-18-9-7-13(24-25(21,22)23)11-12(18)3-4-14-15-5-6-17(20)19(15,2)10-8-16(14)18;/h12-16H,3-11H2,1-2H3,(H,21,22,23);/q;+1/p-1/t12-,13-,14-,15-,16-,18-,19-;/m0./s1/i7D2,11D2,13D;. The molecule has 4 aliphatic rings. The molecular weight excluding hydrogens is 363 g/mol. The first-order valence-corrected chi connectivity index (χ1v) is 10.5. The molecule has 5 nitrogen and oxygen atoms in total. The fraction of sp³-hybridized carbons (Fsp3) is 0.947. The summed E-state index contributed by atoms with van der Waals surface area (Å²) in [4.78, 5) is 12.5. The summed E-state index contributed by atoms with van der Waals surface area (Å²) in [5.41, 5.74) is -1.20. The summed E-state index contributed by atoms with van der Waals surface area (Å²) in [7, 11) is -5.49. The number of hydrogen-bond acceptors (Lipinski definition) is 5. The Balaban J connectivity index is 0.00000272. The van der Waals surface area contributed by atoms with Crippen molar-refractivity contribution in [2.75, 3.05) is 0 Å². The SMILES string of the molecule is [2H]C1([2H])C[C@]2(C)[C@H]3CC[C@]4(C)C(=O)CC[C@H]4[C@@H]3CC[C@H]2C([2H])([2H])[C@@]1([2H])OS(=O)(=O)[O-].[Na+]. The zero-order chi connectivity index (χ0) is 22.5. The van der Waals surface area contributed by atoms with Gasteiger partial charge < -0.3 is 4.55 Å². The minimum Gasteiger partial charge on any atom is -0.726 e. The number of Topliss-reactive ketones (excluding diaryl/α,β-unsaturated/α-hetero) is 1. The van der Waals surface area contributed by atoms with Crippen LogP contribution in [-0.4, -0.2) is 24.8 Å². The Morgan fingerprint density at radius 2 is 1.92 bits per heavy atom. The molecule has 0 spiro atoms. The summed E-state index contributed by atoms with van der Waals surface area (Å²) >= 11 is 0. The predicted molar refractivity (Wildman–Crippen MR) is 91.3 cm³/mol. The van der Waals surface area contributed by atoms with Gasteiger partial charge in [0.15, 0.2) is 0 Å². The maximum Gasteiger partial charge on any atom is 1.00 e. The van der Waals surface area contributed by atoms with Gasteiger partial charge in [-0.25, -0.2) is 8.42 Å². The molecule has 4 aliphatic carbocycles. The number of carbonyl (C=O) groups is 1. The maximum atomic E-state index is 12.5. The molecule has 0 unspecified atom stereocenters. The summed E-state index contributed by atoms with van der Waals surface area (Å²) in [6, 6.07) is 0. The second kappa shape index (κ2) is 7.10. The Bertz CT molecular complexity index is 885. The molecule has 7 atom stereocenters. The molecule has 0 aliphatic heterocycles. The minimum atomic E-state index is -5.49. The van der Waals surface area contributed by atoms with Gasteiger partial charge in [0.05, 0.1) is 7.45 Å². The largest absolute Gasteiger partial charge is 1.00 e. The van der Waals surface area contributed by atoms with E-state index in [1.165, 1.54) is 0 Å². The Morgan fingerprint density at radius 1 is 1.19 bits per heavy atom. The quantitative estimate of drug-likeness (QED) is 0.384. The molecule has 0 radical (unpaired) electrons. The van der Waals surface area contributed by atoms with Crippen molar-refractivity contribution < 1.29 is 58.4 Å². The summed E-state index contributed by atoms with van der Waals surface area (Å²) < 4.78 is 80.7. The van der Waals surface area contributed by atoms with Crippen LogP contribution in [0.4, 0.5) is 0 Å². The molecule has 142 valence electrons. The van der Waals surface area contributed by atoms with E-state index in [4.69, 9.17) is 6.85 Å². The molecule has 0 amide bonds. The van der Waals surface area contributed by atoms with Crippen LogP contribution in [0.15, 0.2) is 0 Å². The van der Waals surface area contributed by atoms with Gasteiger partial charge in [0.2, 0.25) is 10.4 Å². The van der Waals surface area contributed by atoms with Crippen molar-refractivity contribution in [2.45, 2.75) is 77.6 Å². The van der Waals surface area contributed by atoms with E-state index in [0.29, 0.717) is 32.1 Å². The second-order valence-corrected chi connectivity index (χ2v) is 9.73. The van der Waals surface area contributed by atoms with Crippen LogP contribution in [0.3, 0.4) is 0 Å². The fourth-order valence-corrected chi connectivity index (χ4v) is 6.67. The van der Waals surface area contributed by atoms with Crippen molar-refractivity contribution in [3.05, 3.63) is 0 Å². The zero-order valence-electron chi connectivity index (χ0n) is 20.7. The van der Waals surface area contributed by atoms with E-state index in [1.807, 2.05) is 13.8 Å². The smallest absolute Gasteiger partial charge is 0.726 e. The first kappa shape index (κ1) is 15.4. The fourth-order valence-electron chi connectivity index (χ4n) is 6.35. The molecule has 0 heterocycles. The van der Waals surface area contributed by atoms with Gasteiger partial charge >= 0.3 is 29.6 Å². The van der Waals surface area contributed by atoms with E-state index in [9.17, 15) is 17.8 Å². The summed E-state index contributed by atoms with van der Waals surface area (Å²) in [5, 5.41) is 0. The van der Waals surface area contributed by atoms with Crippen molar-refractivity contribution in [2.24, 2.45) is 34.5 Å². The zero-order valence-corrected chi connectivity index (χ0v) is 18.5. The third-order valence-corrected chi connectivity index (χ3v) is 8.07. The van der Waals surface area contributed by atoms with Gasteiger partial charge in [-0.05, 0) is 80.4 Å². The Kier molecular flexibility index (Phi) is 4.20. The topological polar surface area (TPSA) is 83.5 Å². The van der Waals surface area contributed by atoms with Gasteiger partial charge in [-0.3, -0.25) is 8.98 Å². The Labute approximate surface area is 186 Å². The van der Waals surface area contributed by atoms with Crippen molar-refractivity contribution in [1.82, 2.24) is 0 Å². The molecule has 4 fully saturated rings. The molecule has 4 saturated carbocycles. The Hall–Kier alpha value is 0.540. The molecule has 0 aromatic carbocycles. The summed E-state index contributed by atoms with van der Waals surface area (Å²) in [6.45, 7) is 3.87. The molecule has 0 bridgehead atoms. The second-order valence-electron chi connectivity index (χ2n) is 8.75. The van der Waals surface area contributed by atoms with Gasteiger partial charge in [-0.15, -0.1) is 0 Å². The van der Waals surface area contributed by atoms with Crippen LogP contribution in [0.1, 0.15) is 78.4 Å². The van der Waals surface area contributed by atoms with Crippen LogP contribution >= 0.6 is 0 Å². The number of rotatable bonds is 2. The first-order chi connectivity index (χ1) is 13.5. The average molecular weight is 398 g/mol. The van der Waals surface area contributed by atoms with Crippen molar-refractivity contribution in [1.29, 1.82) is 0 Å². The molecule has 26 heavy (non-hydrogen) atoms. The van der Waals surface area contributed by atoms with E-state index < -0.39 is 40.6 Å². The Morgan fingerprint density at radius 3 is 2.62 bits per heavy atom. The van der Waals surface area contributed by atoms with E-state index >= 15 is 0 Å². The van der Waals surface area contributed by atoms with Gasteiger partial charge in [-0.1, -0.05) is 13.8 Å². The maximum absolute atomic E-state index is 12.5. The summed E-state index contributed by atoms with van der Waals surface area (Å²) in [5.74, 6) is -0.203. The normalized spacial score (nSPS) is 57.7. The van der Waals surface area contributed by atoms with Gasteiger partial charge in [0, 0.05) is 17.3 Å². The van der Waals surface area contributed by atoms with Crippen LogP contribution in [0.2, 0.25) is 0 Å². The third-order valence-electron chi connectivity index (χ3n) is 7.70. The first-order valence-electron chi connectivity index (χ1n) is 11.7. The van der Waals surface area contributed by atoms with E-state index in [1.54, 1.807) is 0 Å². The van der Waals surface area contributed by atoms with Gasteiger partial charge in [0.25, 0.3) is 0 Å². The van der Waals surface area contributed by atoms with Gasteiger partial charge in [-0.2, -0.15) is 0 Å². The summed E-state index contributed by atoms with van der Waals surface area (Å²) in [6.07, 6.45) is -5.09. The molecule has 0 aromatic heterocycles. The van der Waals surface area contributed by atoms with Crippen molar-refractivity contribution >= 4 is 16.2 Å². The molecule has 7 heteroatoms. The number of carbonyl (C=O) groups excluding carboxylic acids is 1. The molecule has 0 aromatic rings. The third kappa shape index (κ3) is 3.37. The van der Waals surface area contributed by atoms with Crippen molar-refractivity contribution in [3.8, 4) is 0 Å². The van der Waals surface area contributed by atoms with E-state index in [-0.39, 0.29) is 64.9 Å². The van der Waals surface area contributed by atoms with E-state index in [0.717, 1.165) is 6.42 Å². The van der Waals surface area contributed by atoms with Crippen LogP contribution < -0.4 is 29.6 Å². The van der Waals surface area contributed by atoms with Gasteiger partial charge in [0.1, 0.15) is 5.78 Å². The van der Waals surface area contributed by atoms with E-state index in [2.05, 4.69) is 4.18 Å². The molecule has 4 rings (SSSR count). The van der Waals surface area contributed by atoms with Crippen LogP contribution in [0.25, 0.3) is 0 Å². The van der Waals surface area contributed by atoms with Crippen LogP contribution in [0, 0.1) is 34.5 Å². The monoisotopic (exact) mass is 397 g/mol. The molecular formula is C19H29NaO5S.